The highest BCUT2D eigenvalue weighted by atomic mass is 32.2. The molecule has 5 nitrogen and oxygen atoms in total. The first-order valence-corrected chi connectivity index (χ1v) is 6.66. The van der Waals surface area contributed by atoms with Gasteiger partial charge in [-0.05, 0) is 18.6 Å². The zero-order valence-corrected chi connectivity index (χ0v) is 9.85. The summed E-state index contributed by atoms with van der Waals surface area (Å²) in [5.41, 5.74) is 0. The Bertz CT molecular complexity index is 480. The Morgan fingerprint density at radius 1 is 1.59 bits per heavy atom. The van der Waals surface area contributed by atoms with Crippen molar-refractivity contribution >= 4 is 10.0 Å². The molecule has 0 amide bonds. The number of nitrogens with zero attached hydrogens (tertiary/aromatic N) is 2. The summed E-state index contributed by atoms with van der Waals surface area (Å²) >= 11 is 0. The molecular weight excluding hydrogens is 247 g/mol. The quantitative estimate of drug-likeness (QED) is 0.841. The second kappa shape index (κ2) is 4.67. The molecule has 2 atom stereocenters. The number of pyridine rings is 1. The van der Waals surface area contributed by atoms with Gasteiger partial charge in [0, 0.05) is 18.9 Å². The third-order valence-electron chi connectivity index (χ3n) is 2.76. The number of alkyl halides is 1. The fourth-order valence-corrected chi connectivity index (χ4v) is 3.55. The molecule has 1 aromatic heterocycles. The van der Waals surface area contributed by atoms with Crippen LogP contribution >= 0.6 is 0 Å². The highest BCUT2D eigenvalue weighted by Gasteiger charge is 2.40. The van der Waals surface area contributed by atoms with Crippen molar-refractivity contribution < 1.29 is 17.9 Å². The molecule has 2 heterocycles. The van der Waals surface area contributed by atoms with Gasteiger partial charge in [0.25, 0.3) is 0 Å². The maximum Gasteiger partial charge on any atom is 0.245 e. The van der Waals surface area contributed by atoms with E-state index in [0.717, 1.165) is 4.31 Å². The predicted octanol–water partition coefficient (Wildman–Crippen LogP) is 0.175. The normalized spacial score (nSPS) is 26.2. The minimum absolute atomic E-state index is 0.0209. The molecule has 1 aliphatic heterocycles. The molecule has 0 aromatic carbocycles. The maximum absolute atomic E-state index is 13.2. The van der Waals surface area contributed by atoms with Crippen LogP contribution in [-0.2, 0) is 10.0 Å². The number of aromatic nitrogens is 1. The van der Waals surface area contributed by atoms with E-state index in [1.807, 2.05) is 0 Å². The van der Waals surface area contributed by atoms with Gasteiger partial charge in [-0.2, -0.15) is 4.31 Å². The van der Waals surface area contributed by atoms with Crippen LogP contribution in [-0.4, -0.2) is 48.2 Å². The van der Waals surface area contributed by atoms with Crippen LogP contribution in [0.2, 0.25) is 0 Å². The summed E-state index contributed by atoms with van der Waals surface area (Å²) in [5, 5.41) is 9.08. The summed E-state index contributed by atoms with van der Waals surface area (Å²) in [7, 11) is -3.76. The van der Waals surface area contributed by atoms with Crippen LogP contribution in [0.5, 0.6) is 0 Å². The van der Waals surface area contributed by atoms with Crippen LogP contribution in [0.1, 0.15) is 6.42 Å². The average molecular weight is 260 g/mol. The van der Waals surface area contributed by atoms with Gasteiger partial charge in [0.15, 0.2) is 0 Å². The van der Waals surface area contributed by atoms with Crippen molar-refractivity contribution in [1.82, 2.24) is 9.29 Å². The number of hydrogen-bond donors (Lipinski definition) is 1. The van der Waals surface area contributed by atoms with Crippen molar-refractivity contribution in [2.24, 2.45) is 0 Å². The molecule has 2 rings (SSSR count). The van der Waals surface area contributed by atoms with Gasteiger partial charge in [-0.1, -0.05) is 0 Å². The van der Waals surface area contributed by atoms with Gasteiger partial charge in [-0.15, -0.1) is 0 Å². The van der Waals surface area contributed by atoms with E-state index in [1.54, 1.807) is 0 Å². The molecule has 1 N–H and O–H groups in total. The van der Waals surface area contributed by atoms with E-state index in [1.165, 1.54) is 24.5 Å². The molecule has 0 radical (unpaired) electrons. The third kappa shape index (κ3) is 2.31. The van der Waals surface area contributed by atoms with Crippen molar-refractivity contribution in [3.8, 4) is 0 Å². The van der Waals surface area contributed by atoms with E-state index < -0.39 is 22.2 Å². The van der Waals surface area contributed by atoms with Crippen LogP contribution in [0.25, 0.3) is 0 Å². The second-order valence-corrected chi connectivity index (χ2v) is 5.82. The Morgan fingerprint density at radius 2 is 2.35 bits per heavy atom. The molecule has 0 bridgehead atoms. The predicted molar refractivity (Wildman–Crippen MR) is 58.5 cm³/mol. The van der Waals surface area contributed by atoms with E-state index in [2.05, 4.69) is 4.98 Å². The van der Waals surface area contributed by atoms with Crippen molar-refractivity contribution in [3.05, 3.63) is 24.5 Å². The van der Waals surface area contributed by atoms with Crippen LogP contribution in [0.4, 0.5) is 4.39 Å². The lowest BCUT2D eigenvalue weighted by Gasteiger charge is -2.21. The van der Waals surface area contributed by atoms with E-state index in [4.69, 9.17) is 5.11 Å². The average Bonchev–Trinajstić information content (AvgIpc) is 2.72. The number of sulfonamides is 1. The minimum Gasteiger partial charge on any atom is -0.395 e. The van der Waals surface area contributed by atoms with Crippen LogP contribution in [0.15, 0.2) is 29.4 Å². The molecule has 0 spiro atoms. The fourth-order valence-electron chi connectivity index (χ4n) is 1.93. The van der Waals surface area contributed by atoms with Crippen molar-refractivity contribution in [2.45, 2.75) is 23.5 Å². The Hall–Kier alpha value is -1.05. The summed E-state index contributed by atoms with van der Waals surface area (Å²) in [6.45, 7) is -0.581. The maximum atomic E-state index is 13.2. The number of aliphatic hydroxyl groups is 1. The van der Waals surface area contributed by atoms with E-state index in [0.29, 0.717) is 0 Å². The molecule has 0 aliphatic carbocycles. The van der Waals surface area contributed by atoms with Crippen LogP contribution in [0, 0.1) is 0 Å². The van der Waals surface area contributed by atoms with Gasteiger partial charge in [0.05, 0.1) is 12.6 Å². The molecule has 0 saturated carbocycles. The molecule has 7 heteroatoms. The van der Waals surface area contributed by atoms with Crippen molar-refractivity contribution in [1.29, 1.82) is 0 Å². The first-order valence-electron chi connectivity index (χ1n) is 5.22. The molecule has 1 saturated heterocycles. The highest BCUT2D eigenvalue weighted by molar-refractivity contribution is 7.89. The van der Waals surface area contributed by atoms with Gasteiger partial charge in [-0.25, -0.2) is 12.8 Å². The first-order chi connectivity index (χ1) is 8.05. The standard InChI is InChI=1S/C10H13FN2O3S/c11-8-4-9(7-14)13(6-8)17(15,16)10-2-1-3-12-5-10/h1-3,5,8-9,14H,4,6-7H2/t8-,9-/m0/s1. The number of halogens is 1. The lowest BCUT2D eigenvalue weighted by Crippen LogP contribution is -2.37. The lowest BCUT2D eigenvalue weighted by molar-refractivity contribution is 0.213. The lowest BCUT2D eigenvalue weighted by atomic mass is 10.2. The molecular formula is C10H13FN2O3S. The molecule has 0 unspecified atom stereocenters. The van der Waals surface area contributed by atoms with E-state index in [-0.39, 0.29) is 24.5 Å². The minimum atomic E-state index is -3.76. The summed E-state index contributed by atoms with van der Waals surface area (Å²) < 4.78 is 38.5. The van der Waals surface area contributed by atoms with Crippen LogP contribution in [0.3, 0.4) is 0 Å². The Labute approximate surface area is 99.0 Å². The molecule has 1 aliphatic rings. The molecule has 1 fully saturated rings. The summed E-state index contributed by atoms with van der Waals surface area (Å²) in [6.07, 6.45) is 1.49. The topological polar surface area (TPSA) is 70.5 Å². The summed E-state index contributed by atoms with van der Waals surface area (Å²) in [5.74, 6) is 0. The fraction of sp³-hybridized carbons (Fsp3) is 0.500. The number of aliphatic hydroxyl groups excluding tert-OH is 1. The molecule has 17 heavy (non-hydrogen) atoms. The van der Waals surface area contributed by atoms with Crippen molar-refractivity contribution in [2.75, 3.05) is 13.2 Å². The van der Waals surface area contributed by atoms with Gasteiger partial charge in [0.2, 0.25) is 10.0 Å². The van der Waals surface area contributed by atoms with Crippen LogP contribution < -0.4 is 0 Å². The van der Waals surface area contributed by atoms with Gasteiger partial charge < -0.3 is 5.11 Å². The number of rotatable bonds is 3. The highest BCUT2D eigenvalue weighted by Crippen LogP contribution is 2.27. The summed E-state index contributed by atoms with van der Waals surface area (Å²) in [6, 6.07) is 2.22. The zero-order chi connectivity index (χ0) is 12.5. The zero-order valence-electron chi connectivity index (χ0n) is 9.03. The monoisotopic (exact) mass is 260 g/mol. The number of hydrogen-bond acceptors (Lipinski definition) is 4. The SMILES string of the molecule is O=S(=O)(c1cccnc1)N1C[C@@H](F)C[C@H]1CO. The Morgan fingerprint density at radius 3 is 2.94 bits per heavy atom. The van der Waals surface area contributed by atoms with Gasteiger partial charge >= 0.3 is 0 Å². The van der Waals surface area contributed by atoms with Gasteiger partial charge in [-0.3, -0.25) is 4.98 Å². The Kier molecular flexibility index (Phi) is 3.41. The smallest absolute Gasteiger partial charge is 0.245 e. The third-order valence-corrected chi connectivity index (χ3v) is 4.67. The van der Waals surface area contributed by atoms with Gasteiger partial charge in [0.1, 0.15) is 11.1 Å². The van der Waals surface area contributed by atoms with E-state index >= 15 is 0 Å². The summed E-state index contributed by atoms with van der Waals surface area (Å²) in [4.78, 5) is 3.75. The van der Waals surface area contributed by atoms with Crippen molar-refractivity contribution in [3.63, 3.8) is 0 Å². The first kappa shape index (κ1) is 12.4. The molecule has 1 aromatic rings. The Balaban J connectivity index is 2.33. The molecule has 94 valence electrons. The van der Waals surface area contributed by atoms with E-state index in [9.17, 15) is 12.8 Å². The second-order valence-electron chi connectivity index (χ2n) is 3.93. The largest absolute Gasteiger partial charge is 0.395 e.